The number of rotatable bonds is 7. The van der Waals surface area contributed by atoms with Crippen molar-refractivity contribution < 1.29 is 18.0 Å². The van der Waals surface area contributed by atoms with Gasteiger partial charge >= 0.3 is 0 Å². The number of allylic oxidation sites excluding steroid dienone is 1. The quantitative estimate of drug-likeness (QED) is 0.614. The van der Waals surface area contributed by atoms with Gasteiger partial charge in [0.1, 0.15) is 0 Å². The van der Waals surface area contributed by atoms with Crippen LogP contribution in [0.25, 0.3) is 0 Å². The molecule has 0 aromatic heterocycles. The summed E-state index contributed by atoms with van der Waals surface area (Å²) in [5.74, 6) is 1.28. The van der Waals surface area contributed by atoms with Gasteiger partial charge in [-0.3, -0.25) is 9.59 Å². The molecule has 1 aliphatic carbocycles. The predicted octanol–water partition coefficient (Wildman–Crippen LogP) is 2.25. The van der Waals surface area contributed by atoms with Gasteiger partial charge in [-0.2, -0.15) is 0 Å². The minimum Gasteiger partial charge on any atom is -0.339 e. The highest BCUT2D eigenvalue weighted by atomic mass is 32.2. The van der Waals surface area contributed by atoms with E-state index in [-0.39, 0.29) is 23.7 Å². The molecule has 2 rings (SSSR count). The number of nitrogens with zero attached hydrogens (tertiary/aromatic N) is 2. The van der Waals surface area contributed by atoms with Gasteiger partial charge in [-0.15, -0.1) is 0 Å². The van der Waals surface area contributed by atoms with Crippen molar-refractivity contribution in [1.29, 1.82) is 0 Å². The Bertz CT molecular complexity index is 752. The molecular weight excluding hydrogens is 402 g/mol. The lowest BCUT2D eigenvalue weighted by Crippen LogP contribution is -2.50. The maximum atomic E-state index is 12.9. The average molecular weight is 442 g/mol. The second-order valence-electron chi connectivity index (χ2n) is 9.45. The van der Waals surface area contributed by atoms with E-state index >= 15 is 0 Å². The Morgan fingerprint density at radius 3 is 2.17 bits per heavy atom. The number of amides is 2. The Hall–Kier alpha value is -1.41. The average Bonchev–Trinajstić information content (AvgIpc) is 2.67. The number of piperazine rings is 1. The number of hydrogen-bond donors (Lipinski definition) is 1. The Labute approximate surface area is 182 Å². The van der Waals surface area contributed by atoms with E-state index in [0.717, 1.165) is 6.42 Å². The molecule has 2 aliphatic rings. The maximum absolute atomic E-state index is 12.9. The van der Waals surface area contributed by atoms with Crippen molar-refractivity contribution in [2.45, 2.75) is 59.6 Å². The third-order valence-electron chi connectivity index (χ3n) is 6.72. The minimum atomic E-state index is -3.29. The highest BCUT2D eigenvalue weighted by molar-refractivity contribution is 7.90. The lowest BCUT2D eigenvalue weighted by atomic mass is 9.70. The lowest BCUT2D eigenvalue weighted by Gasteiger charge is -2.39. The summed E-state index contributed by atoms with van der Waals surface area (Å²) in [7, 11) is -3.29. The second kappa shape index (κ2) is 10.3. The molecule has 1 saturated heterocycles. The van der Waals surface area contributed by atoms with Crippen LogP contribution in [0.4, 0.5) is 0 Å². The number of nitrogens with one attached hydrogen (secondary N) is 1. The summed E-state index contributed by atoms with van der Waals surface area (Å²) in [6, 6.07) is 0. The highest BCUT2D eigenvalue weighted by Gasteiger charge is 2.34. The Morgan fingerprint density at radius 1 is 1.10 bits per heavy atom. The molecule has 3 atom stereocenters. The summed E-state index contributed by atoms with van der Waals surface area (Å²) in [5.41, 5.74) is 1.18. The fourth-order valence-corrected chi connectivity index (χ4v) is 5.26. The number of carbonyl (C=O) groups excluding carboxylic acids is 2. The van der Waals surface area contributed by atoms with Gasteiger partial charge < -0.3 is 9.80 Å². The van der Waals surface area contributed by atoms with Crippen LogP contribution < -0.4 is 4.72 Å². The molecule has 2 amide bonds. The third-order valence-corrected chi connectivity index (χ3v) is 8.53. The van der Waals surface area contributed by atoms with Crippen molar-refractivity contribution in [3.63, 3.8) is 0 Å². The summed E-state index contributed by atoms with van der Waals surface area (Å²) < 4.78 is 27.1. The van der Waals surface area contributed by atoms with Crippen molar-refractivity contribution in [3.8, 4) is 0 Å². The molecular formula is C22H39N3O4S. The lowest BCUT2D eigenvalue weighted by molar-refractivity contribution is -0.139. The molecule has 0 aromatic carbocycles. The first-order valence-corrected chi connectivity index (χ1v) is 12.7. The van der Waals surface area contributed by atoms with E-state index in [1.807, 2.05) is 4.90 Å². The first kappa shape index (κ1) is 24.9. The highest BCUT2D eigenvalue weighted by Crippen LogP contribution is 2.39. The fourth-order valence-electron chi connectivity index (χ4n) is 4.50. The van der Waals surface area contributed by atoms with Crippen LogP contribution >= 0.6 is 0 Å². The molecule has 172 valence electrons. The zero-order valence-corrected chi connectivity index (χ0v) is 20.2. The van der Waals surface area contributed by atoms with E-state index in [4.69, 9.17) is 0 Å². The zero-order valence-electron chi connectivity index (χ0n) is 19.3. The summed E-state index contributed by atoms with van der Waals surface area (Å²) in [4.78, 5) is 28.0. The standard InChI is InChI=1S/C22H39N3O4S/c1-15(2)21-12-19(13-22(27)25-9-7-24(8-10-25)18(6)26)17(5)11-20(21)14-23-30(28,29)16(3)4/h11,15-16,19-21,23H,7-10,12-14H2,1-6H3/t19-,20-,21-/m0/s1. The van der Waals surface area contributed by atoms with Crippen LogP contribution in [0.2, 0.25) is 0 Å². The molecule has 0 saturated carbocycles. The molecule has 0 bridgehead atoms. The normalized spacial score (nSPS) is 25.6. The van der Waals surface area contributed by atoms with E-state index in [0.29, 0.717) is 51.0 Å². The van der Waals surface area contributed by atoms with Crippen LogP contribution in [-0.4, -0.2) is 68.0 Å². The van der Waals surface area contributed by atoms with Crippen molar-refractivity contribution >= 4 is 21.8 Å². The van der Waals surface area contributed by atoms with E-state index in [1.54, 1.807) is 25.7 Å². The molecule has 1 N–H and O–H groups in total. The van der Waals surface area contributed by atoms with Crippen molar-refractivity contribution in [3.05, 3.63) is 11.6 Å². The molecule has 7 nitrogen and oxygen atoms in total. The van der Waals surface area contributed by atoms with Gasteiger partial charge in [0.15, 0.2) is 0 Å². The minimum absolute atomic E-state index is 0.0621. The number of carbonyl (C=O) groups is 2. The molecule has 0 aromatic rings. The summed E-state index contributed by atoms with van der Waals surface area (Å²) in [6.45, 7) is 14.1. The molecule has 30 heavy (non-hydrogen) atoms. The SMILES string of the molecule is CC(=O)N1CCN(C(=O)C[C@@H]2C[C@@H](C(C)C)[C@H](CNS(=O)(=O)C(C)C)C=C2C)CC1. The zero-order chi connectivity index (χ0) is 22.6. The Kier molecular flexibility index (Phi) is 8.51. The van der Waals surface area contributed by atoms with E-state index < -0.39 is 15.3 Å². The van der Waals surface area contributed by atoms with Crippen LogP contribution in [0.1, 0.15) is 54.4 Å². The number of sulfonamides is 1. The van der Waals surface area contributed by atoms with Crippen molar-refractivity contribution in [2.75, 3.05) is 32.7 Å². The summed E-state index contributed by atoms with van der Waals surface area (Å²) >= 11 is 0. The maximum Gasteiger partial charge on any atom is 0.223 e. The molecule has 0 unspecified atom stereocenters. The van der Waals surface area contributed by atoms with Gasteiger partial charge in [0.2, 0.25) is 21.8 Å². The molecule has 0 radical (unpaired) electrons. The van der Waals surface area contributed by atoms with E-state index in [1.165, 1.54) is 5.57 Å². The smallest absolute Gasteiger partial charge is 0.223 e. The van der Waals surface area contributed by atoms with Crippen LogP contribution in [-0.2, 0) is 19.6 Å². The third kappa shape index (κ3) is 6.30. The van der Waals surface area contributed by atoms with Gasteiger partial charge in [-0.25, -0.2) is 13.1 Å². The van der Waals surface area contributed by atoms with Crippen LogP contribution in [0.15, 0.2) is 11.6 Å². The largest absolute Gasteiger partial charge is 0.339 e. The van der Waals surface area contributed by atoms with Crippen LogP contribution in [0.5, 0.6) is 0 Å². The molecule has 8 heteroatoms. The topological polar surface area (TPSA) is 86.8 Å². The monoisotopic (exact) mass is 441 g/mol. The van der Waals surface area contributed by atoms with Crippen LogP contribution in [0, 0.1) is 23.7 Å². The fraction of sp³-hybridized carbons (Fsp3) is 0.818. The Morgan fingerprint density at radius 2 is 1.67 bits per heavy atom. The van der Waals surface area contributed by atoms with Gasteiger partial charge in [0.25, 0.3) is 0 Å². The first-order valence-electron chi connectivity index (χ1n) is 11.1. The molecule has 1 aliphatic heterocycles. The van der Waals surface area contributed by atoms with Gasteiger partial charge in [0, 0.05) is 46.1 Å². The predicted molar refractivity (Wildman–Crippen MR) is 119 cm³/mol. The van der Waals surface area contributed by atoms with Crippen molar-refractivity contribution in [2.24, 2.45) is 23.7 Å². The van der Waals surface area contributed by atoms with E-state index in [2.05, 4.69) is 31.6 Å². The molecule has 0 spiro atoms. The van der Waals surface area contributed by atoms with Gasteiger partial charge in [-0.1, -0.05) is 25.5 Å². The van der Waals surface area contributed by atoms with Gasteiger partial charge in [-0.05, 0) is 50.9 Å². The summed E-state index contributed by atoms with van der Waals surface area (Å²) in [6.07, 6.45) is 3.56. The van der Waals surface area contributed by atoms with Crippen molar-refractivity contribution in [1.82, 2.24) is 14.5 Å². The van der Waals surface area contributed by atoms with Crippen LogP contribution in [0.3, 0.4) is 0 Å². The molecule has 1 heterocycles. The van der Waals surface area contributed by atoms with E-state index in [9.17, 15) is 18.0 Å². The summed E-state index contributed by atoms with van der Waals surface area (Å²) in [5, 5.41) is -0.447. The number of hydrogen-bond acceptors (Lipinski definition) is 4. The second-order valence-corrected chi connectivity index (χ2v) is 11.8. The molecule has 1 fully saturated rings. The first-order chi connectivity index (χ1) is 13.9. The van der Waals surface area contributed by atoms with Gasteiger partial charge in [0.05, 0.1) is 5.25 Å². The Balaban J connectivity index is 2.01.